The second-order valence-corrected chi connectivity index (χ2v) is 16.5. The van der Waals surface area contributed by atoms with Crippen molar-refractivity contribution in [3.63, 3.8) is 0 Å². The van der Waals surface area contributed by atoms with Crippen LogP contribution in [-0.2, 0) is 48.4 Å². The molecule has 60 heavy (non-hydrogen) atoms. The van der Waals surface area contributed by atoms with Crippen molar-refractivity contribution >= 4 is 68.8 Å². The molecule has 0 fully saturated rings. The fourth-order valence-electron chi connectivity index (χ4n) is 7.28. The van der Waals surface area contributed by atoms with Crippen LogP contribution in [0.1, 0.15) is 91.5 Å². The first-order chi connectivity index (χ1) is 28.4. The summed E-state index contributed by atoms with van der Waals surface area (Å²) in [6.45, 7) is 11.6. The van der Waals surface area contributed by atoms with Crippen molar-refractivity contribution in [1.82, 2.24) is 24.3 Å². The van der Waals surface area contributed by atoms with E-state index in [0.29, 0.717) is 66.9 Å². The lowest BCUT2D eigenvalue weighted by Crippen LogP contribution is -2.33. The minimum atomic E-state index is -1.09. The van der Waals surface area contributed by atoms with Gasteiger partial charge in [-0.2, -0.15) is 0 Å². The zero-order chi connectivity index (χ0) is 43.7. The topological polar surface area (TPSA) is 207 Å². The van der Waals surface area contributed by atoms with E-state index in [9.17, 15) is 33.9 Å². The van der Waals surface area contributed by atoms with Crippen LogP contribution in [0.3, 0.4) is 0 Å². The number of rotatable bonds is 21. The number of imidazole rings is 1. The monoisotopic (exact) mass is 823 g/mol. The third kappa shape index (κ3) is 11.6. The van der Waals surface area contributed by atoms with Gasteiger partial charge in [-0.15, -0.1) is 0 Å². The number of nitrogens with one attached hydrogen (secondary N) is 1. The molecule has 2 aromatic carbocycles. The number of fused-ring (bicyclic) bond motifs is 3. The van der Waals surface area contributed by atoms with Crippen molar-refractivity contribution in [3.8, 4) is 0 Å². The number of pyridine rings is 1. The van der Waals surface area contributed by atoms with Gasteiger partial charge >= 0.3 is 6.09 Å². The number of Topliss-reactive ketones (excluding diaryl/α,β-unsaturated/α-hetero) is 2. The Balaban J connectivity index is 1.10. The number of imide groups is 1. The van der Waals surface area contributed by atoms with Gasteiger partial charge in [0.1, 0.15) is 29.5 Å². The lowest BCUT2D eigenvalue weighted by molar-refractivity contribution is -0.137. The molecular weight excluding hydrogens is 767 g/mol. The van der Waals surface area contributed by atoms with Gasteiger partial charge in [-0.25, -0.2) is 14.8 Å². The minimum Gasteiger partial charge on any atom is -0.445 e. The minimum absolute atomic E-state index is 0.00918. The first-order valence-corrected chi connectivity index (χ1v) is 20.6. The van der Waals surface area contributed by atoms with Crippen molar-refractivity contribution in [1.29, 1.82) is 0 Å². The standard InChI is InChI=1S/C45H57N7O8/c1-7-50(25-37-49-40-41(52(37)27-45(5,6)59)33-14-10-11-15-35(33)48-42(40)46)44(58)60-26-30-16-18-31(19-17-30)47-43(57)29(4)23-36(54)34(28(2)3)24-32(53)13-9-8-12-22-51-38(55)20-21-39(51)56/h10-11,14-21,28-29,34,59H,7-9,12-13,22-27H2,1-6H3,(H2,46,48)(H,47,57)/t29-,34+/m1/s1. The highest BCUT2D eigenvalue weighted by Crippen LogP contribution is 2.31. The molecule has 2 atom stereocenters. The zero-order valence-corrected chi connectivity index (χ0v) is 35.4. The van der Waals surface area contributed by atoms with Crippen LogP contribution in [0, 0.1) is 17.8 Å². The summed E-state index contributed by atoms with van der Waals surface area (Å²) < 4.78 is 7.57. The maximum atomic E-state index is 13.4. The van der Waals surface area contributed by atoms with Gasteiger partial charge in [0.15, 0.2) is 5.82 Å². The Bertz CT molecular complexity index is 2240. The van der Waals surface area contributed by atoms with Crippen molar-refractivity contribution in [2.45, 2.75) is 105 Å². The van der Waals surface area contributed by atoms with E-state index in [1.54, 1.807) is 45.0 Å². The molecule has 5 rings (SSSR count). The number of aliphatic hydroxyl groups is 1. The third-order valence-electron chi connectivity index (χ3n) is 10.6. The number of ether oxygens (including phenoxy) is 1. The molecule has 2 aromatic heterocycles. The molecule has 4 aromatic rings. The number of aromatic nitrogens is 3. The molecule has 0 saturated heterocycles. The summed E-state index contributed by atoms with van der Waals surface area (Å²) in [6, 6.07) is 14.4. The smallest absolute Gasteiger partial charge is 0.410 e. The number of nitrogens with zero attached hydrogens (tertiary/aromatic N) is 5. The third-order valence-corrected chi connectivity index (χ3v) is 10.6. The molecule has 0 aliphatic carbocycles. The molecule has 0 spiro atoms. The normalized spacial score (nSPS) is 14.0. The molecule has 0 bridgehead atoms. The number of hydrogen-bond acceptors (Lipinski definition) is 11. The molecule has 3 heterocycles. The summed E-state index contributed by atoms with van der Waals surface area (Å²) >= 11 is 0. The Morgan fingerprint density at radius 1 is 0.933 bits per heavy atom. The van der Waals surface area contributed by atoms with Gasteiger partial charge in [-0.05, 0) is 63.3 Å². The fourth-order valence-corrected chi connectivity index (χ4v) is 7.28. The van der Waals surface area contributed by atoms with Crippen LogP contribution in [0.4, 0.5) is 16.3 Å². The molecule has 4 amide bonds. The highest BCUT2D eigenvalue weighted by molar-refractivity contribution is 6.12. The molecule has 15 heteroatoms. The van der Waals surface area contributed by atoms with Gasteiger partial charge in [0.05, 0.1) is 29.7 Å². The van der Waals surface area contributed by atoms with Gasteiger partial charge in [0.2, 0.25) is 5.91 Å². The average Bonchev–Trinajstić information content (AvgIpc) is 3.71. The van der Waals surface area contributed by atoms with Crippen LogP contribution < -0.4 is 11.1 Å². The summed E-state index contributed by atoms with van der Waals surface area (Å²) in [6.07, 6.45) is 4.22. The number of nitrogens with two attached hydrogens (primary N) is 1. The molecule has 15 nitrogen and oxygen atoms in total. The lowest BCUT2D eigenvalue weighted by Gasteiger charge is -2.24. The van der Waals surface area contributed by atoms with Crippen molar-refractivity contribution in [2.24, 2.45) is 17.8 Å². The van der Waals surface area contributed by atoms with Gasteiger partial charge in [-0.1, -0.05) is 57.5 Å². The van der Waals surface area contributed by atoms with Crippen molar-refractivity contribution in [3.05, 3.63) is 72.1 Å². The number of para-hydroxylation sites is 1. The van der Waals surface area contributed by atoms with E-state index in [0.717, 1.165) is 10.9 Å². The Labute approximate surface area is 350 Å². The summed E-state index contributed by atoms with van der Waals surface area (Å²) in [5, 5.41) is 14.5. The number of carbonyl (C=O) groups is 6. The van der Waals surface area contributed by atoms with Crippen LogP contribution in [0.5, 0.6) is 0 Å². The molecule has 0 unspecified atom stereocenters. The lowest BCUT2D eigenvalue weighted by atomic mass is 9.83. The number of ketones is 2. The summed E-state index contributed by atoms with van der Waals surface area (Å²) in [5.74, 6) is -1.58. The van der Waals surface area contributed by atoms with Gasteiger partial charge in [0.25, 0.3) is 11.8 Å². The van der Waals surface area contributed by atoms with Crippen LogP contribution in [-0.4, -0.2) is 83.5 Å². The summed E-state index contributed by atoms with van der Waals surface area (Å²) in [4.78, 5) is 88.0. The molecule has 0 radical (unpaired) electrons. The molecule has 4 N–H and O–H groups in total. The predicted octanol–water partition coefficient (Wildman–Crippen LogP) is 6.35. The largest absolute Gasteiger partial charge is 0.445 e. The van der Waals surface area contributed by atoms with E-state index in [-0.39, 0.29) is 73.6 Å². The van der Waals surface area contributed by atoms with Crippen LogP contribution in [0.25, 0.3) is 21.9 Å². The van der Waals surface area contributed by atoms with E-state index in [2.05, 4.69) is 10.3 Å². The number of hydrogen-bond donors (Lipinski definition) is 3. The van der Waals surface area contributed by atoms with Crippen LogP contribution in [0.2, 0.25) is 0 Å². The van der Waals surface area contributed by atoms with Gasteiger partial charge in [-0.3, -0.25) is 28.9 Å². The predicted molar refractivity (Wildman–Crippen MR) is 228 cm³/mol. The molecule has 1 aliphatic heterocycles. The number of carbonyl (C=O) groups excluding carboxylic acids is 6. The molecular formula is C45H57N7O8. The van der Waals surface area contributed by atoms with E-state index >= 15 is 0 Å². The van der Waals surface area contributed by atoms with Crippen LogP contribution in [0.15, 0.2) is 60.7 Å². The maximum Gasteiger partial charge on any atom is 0.410 e. The average molecular weight is 824 g/mol. The first-order valence-electron chi connectivity index (χ1n) is 20.6. The molecule has 1 aliphatic rings. The van der Waals surface area contributed by atoms with Gasteiger partial charge in [0, 0.05) is 67.4 Å². The van der Waals surface area contributed by atoms with E-state index in [1.165, 1.54) is 22.0 Å². The molecule has 320 valence electrons. The van der Waals surface area contributed by atoms with E-state index in [4.69, 9.17) is 15.5 Å². The Morgan fingerprint density at radius 2 is 1.62 bits per heavy atom. The number of amides is 4. The van der Waals surface area contributed by atoms with Crippen molar-refractivity contribution < 1.29 is 38.6 Å². The van der Waals surface area contributed by atoms with E-state index in [1.807, 2.05) is 49.6 Å². The highest BCUT2D eigenvalue weighted by Gasteiger charge is 2.29. The Hall–Kier alpha value is -5.96. The van der Waals surface area contributed by atoms with E-state index < -0.39 is 23.5 Å². The van der Waals surface area contributed by atoms with Crippen molar-refractivity contribution in [2.75, 3.05) is 24.1 Å². The quantitative estimate of drug-likeness (QED) is 0.0624. The highest BCUT2D eigenvalue weighted by atomic mass is 16.6. The van der Waals surface area contributed by atoms with Gasteiger partial charge < -0.3 is 30.4 Å². The number of anilines is 2. The first kappa shape index (κ1) is 45.1. The second-order valence-electron chi connectivity index (χ2n) is 16.5. The molecule has 0 saturated carbocycles. The Kier molecular flexibility index (Phi) is 14.9. The summed E-state index contributed by atoms with van der Waals surface area (Å²) in [7, 11) is 0. The number of nitrogen functional groups attached to an aromatic ring is 1. The van der Waals surface area contributed by atoms with Crippen LogP contribution >= 0.6 is 0 Å². The number of benzene rings is 2. The SMILES string of the molecule is CCN(Cc1nc2c(N)nc3ccccc3c2n1CC(C)(C)O)C(=O)OCc1ccc(NC(=O)[C@H](C)CC(=O)[C@@H](CC(=O)CCCCCN2C(=O)C=CC2=O)C(C)C)cc1. The Morgan fingerprint density at radius 3 is 2.27 bits per heavy atom. The zero-order valence-electron chi connectivity index (χ0n) is 35.4. The number of unbranched alkanes of at least 4 members (excludes halogenated alkanes) is 2. The summed E-state index contributed by atoms with van der Waals surface area (Å²) in [5.41, 5.74) is 8.36. The second kappa shape index (κ2) is 19.9. The fraction of sp³-hybridized carbons (Fsp3) is 0.467. The maximum absolute atomic E-state index is 13.4.